The van der Waals surface area contributed by atoms with Gasteiger partial charge in [0.2, 0.25) is 5.91 Å². The van der Waals surface area contributed by atoms with Gasteiger partial charge in [-0.15, -0.1) is 0 Å². The maximum absolute atomic E-state index is 13.7. The minimum Gasteiger partial charge on any atom is -0.335 e. The second kappa shape index (κ2) is 6.30. The molecule has 2 aromatic carbocycles. The van der Waals surface area contributed by atoms with Gasteiger partial charge in [-0.05, 0) is 37.0 Å². The van der Waals surface area contributed by atoms with Gasteiger partial charge in [-0.1, -0.05) is 48.0 Å². The van der Waals surface area contributed by atoms with Crippen LogP contribution in [0.25, 0.3) is 0 Å². The topological polar surface area (TPSA) is 20.3 Å². The molecule has 0 spiro atoms. The summed E-state index contributed by atoms with van der Waals surface area (Å²) >= 11 is 0. The number of amides is 1. The Morgan fingerprint density at radius 2 is 2.05 bits per heavy atom. The van der Waals surface area contributed by atoms with Gasteiger partial charge in [-0.2, -0.15) is 0 Å². The molecule has 0 N–H and O–H groups in total. The van der Waals surface area contributed by atoms with Crippen molar-refractivity contribution in [2.45, 2.75) is 32.2 Å². The zero-order valence-electron chi connectivity index (χ0n) is 12.8. The van der Waals surface area contributed by atoms with Crippen molar-refractivity contribution in [3.8, 4) is 0 Å². The summed E-state index contributed by atoms with van der Waals surface area (Å²) in [5.41, 5.74) is 2.85. The first-order valence-corrected chi connectivity index (χ1v) is 7.74. The Balaban J connectivity index is 1.78. The van der Waals surface area contributed by atoms with Crippen LogP contribution >= 0.6 is 0 Å². The predicted octanol–water partition coefficient (Wildman–Crippen LogP) is 4.04. The van der Waals surface area contributed by atoms with Crippen molar-refractivity contribution in [3.05, 3.63) is 71.0 Å². The number of benzene rings is 2. The molecular weight excluding hydrogens is 277 g/mol. The third kappa shape index (κ3) is 3.03. The molecule has 2 nitrogen and oxygen atoms in total. The third-order valence-corrected chi connectivity index (χ3v) is 4.30. The van der Waals surface area contributed by atoms with Crippen molar-refractivity contribution in [1.82, 2.24) is 4.90 Å². The number of hydrogen-bond acceptors (Lipinski definition) is 1. The molecule has 1 atom stereocenters. The van der Waals surface area contributed by atoms with Crippen LogP contribution in [0.5, 0.6) is 0 Å². The molecule has 2 aromatic rings. The van der Waals surface area contributed by atoms with Gasteiger partial charge in [0, 0.05) is 6.54 Å². The fourth-order valence-corrected chi connectivity index (χ4v) is 3.20. The van der Waals surface area contributed by atoms with Crippen molar-refractivity contribution in [2.75, 3.05) is 6.54 Å². The van der Waals surface area contributed by atoms with Crippen molar-refractivity contribution >= 4 is 5.91 Å². The minimum atomic E-state index is -0.304. The van der Waals surface area contributed by atoms with E-state index in [1.807, 2.05) is 11.0 Å². The van der Waals surface area contributed by atoms with Crippen LogP contribution in [0.15, 0.2) is 48.5 Å². The molecule has 0 saturated carbocycles. The first kappa shape index (κ1) is 14.8. The Kier molecular flexibility index (Phi) is 4.23. The first-order chi connectivity index (χ1) is 10.6. The van der Waals surface area contributed by atoms with Crippen LogP contribution in [-0.2, 0) is 11.2 Å². The highest BCUT2D eigenvalue weighted by atomic mass is 19.1. The Labute approximate surface area is 130 Å². The van der Waals surface area contributed by atoms with E-state index in [9.17, 15) is 9.18 Å². The lowest BCUT2D eigenvalue weighted by Crippen LogP contribution is -2.32. The molecule has 1 saturated heterocycles. The maximum atomic E-state index is 13.7. The van der Waals surface area contributed by atoms with Crippen LogP contribution in [0.1, 0.15) is 35.6 Å². The summed E-state index contributed by atoms with van der Waals surface area (Å²) in [7, 11) is 0. The quantitative estimate of drug-likeness (QED) is 0.837. The van der Waals surface area contributed by atoms with Gasteiger partial charge >= 0.3 is 0 Å². The second-order valence-corrected chi connectivity index (χ2v) is 5.93. The van der Waals surface area contributed by atoms with E-state index >= 15 is 0 Å². The van der Waals surface area contributed by atoms with E-state index in [0.29, 0.717) is 5.56 Å². The molecule has 22 heavy (non-hydrogen) atoms. The Morgan fingerprint density at radius 3 is 2.82 bits per heavy atom. The van der Waals surface area contributed by atoms with E-state index in [4.69, 9.17) is 0 Å². The van der Waals surface area contributed by atoms with E-state index in [1.165, 1.54) is 17.2 Å². The van der Waals surface area contributed by atoms with Crippen LogP contribution in [0.4, 0.5) is 4.39 Å². The molecule has 1 heterocycles. The summed E-state index contributed by atoms with van der Waals surface area (Å²) in [5.74, 6) is -0.295. The summed E-state index contributed by atoms with van der Waals surface area (Å²) in [4.78, 5) is 14.5. The number of hydrogen-bond donors (Lipinski definition) is 0. The average molecular weight is 297 g/mol. The summed E-state index contributed by atoms with van der Waals surface area (Å²) < 4.78 is 13.7. The Morgan fingerprint density at radius 1 is 1.23 bits per heavy atom. The van der Waals surface area contributed by atoms with Gasteiger partial charge in [-0.25, -0.2) is 4.39 Å². The summed E-state index contributed by atoms with van der Waals surface area (Å²) in [6.45, 7) is 2.82. The Bertz CT molecular complexity index is 683. The molecule has 3 heteroatoms. The lowest BCUT2D eigenvalue weighted by molar-refractivity contribution is -0.131. The van der Waals surface area contributed by atoms with Crippen LogP contribution in [0.3, 0.4) is 0 Å². The van der Waals surface area contributed by atoms with Gasteiger partial charge in [0.25, 0.3) is 0 Å². The summed E-state index contributed by atoms with van der Waals surface area (Å²) in [6.07, 6.45) is 2.11. The smallest absolute Gasteiger partial charge is 0.227 e. The molecule has 1 amide bonds. The van der Waals surface area contributed by atoms with Crippen LogP contribution in [0, 0.1) is 12.7 Å². The molecule has 0 aromatic heterocycles. The minimum absolute atomic E-state index is 0.00843. The normalized spacial score (nSPS) is 17.7. The molecule has 0 bridgehead atoms. The fourth-order valence-electron chi connectivity index (χ4n) is 3.20. The molecule has 114 valence electrons. The molecule has 1 aliphatic heterocycles. The van der Waals surface area contributed by atoms with Gasteiger partial charge in [-0.3, -0.25) is 4.79 Å². The van der Waals surface area contributed by atoms with Crippen LogP contribution in [0.2, 0.25) is 0 Å². The lowest BCUT2D eigenvalue weighted by atomic mass is 10.0. The number of halogens is 1. The second-order valence-electron chi connectivity index (χ2n) is 5.93. The number of likely N-dealkylation sites (tertiary alicyclic amines) is 1. The van der Waals surface area contributed by atoms with E-state index in [1.54, 1.807) is 18.2 Å². The van der Waals surface area contributed by atoms with Crippen molar-refractivity contribution in [3.63, 3.8) is 0 Å². The van der Waals surface area contributed by atoms with E-state index in [0.717, 1.165) is 19.4 Å². The standard InChI is InChI=1S/C19H20FNO/c1-14-6-4-8-16(12-14)18-10-5-11-21(18)19(22)13-15-7-2-3-9-17(15)20/h2-4,6-9,12,18H,5,10-11,13H2,1H3/t18-/m0/s1. The number of aryl methyl sites for hydroxylation is 1. The largest absolute Gasteiger partial charge is 0.335 e. The average Bonchev–Trinajstić information content (AvgIpc) is 2.99. The summed E-state index contributed by atoms with van der Waals surface area (Å²) in [6, 6.07) is 14.9. The first-order valence-electron chi connectivity index (χ1n) is 7.74. The molecule has 0 unspecified atom stereocenters. The monoisotopic (exact) mass is 297 g/mol. The lowest BCUT2D eigenvalue weighted by Gasteiger charge is -2.25. The molecule has 3 rings (SSSR count). The highest BCUT2D eigenvalue weighted by Crippen LogP contribution is 2.32. The number of carbonyl (C=O) groups excluding carboxylic acids is 1. The predicted molar refractivity (Wildman–Crippen MR) is 85.0 cm³/mol. The van der Waals surface area contributed by atoms with Crippen LogP contribution < -0.4 is 0 Å². The highest BCUT2D eigenvalue weighted by Gasteiger charge is 2.30. The van der Waals surface area contributed by atoms with Gasteiger partial charge in [0.15, 0.2) is 0 Å². The Hall–Kier alpha value is -2.16. The van der Waals surface area contributed by atoms with E-state index in [2.05, 4.69) is 25.1 Å². The van der Waals surface area contributed by atoms with Crippen molar-refractivity contribution < 1.29 is 9.18 Å². The van der Waals surface area contributed by atoms with Crippen molar-refractivity contribution in [1.29, 1.82) is 0 Å². The SMILES string of the molecule is Cc1cccc([C@@H]2CCCN2C(=O)Cc2ccccc2F)c1. The summed E-state index contributed by atoms with van der Waals surface area (Å²) in [5, 5.41) is 0. The number of carbonyl (C=O) groups is 1. The number of nitrogens with zero attached hydrogens (tertiary/aromatic N) is 1. The highest BCUT2D eigenvalue weighted by molar-refractivity contribution is 5.79. The van der Waals surface area contributed by atoms with Gasteiger partial charge < -0.3 is 4.90 Å². The number of rotatable bonds is 3. The van der Waals surface area contributed by atoms with Gasteiger partial charge in [0.1, 0.15) is 5.82 Å². The molecule has 0 aliphatic carbocycles. The molecular formula is C19H20FNO. The van der Waals surface area contributed by atoms with E-state index < -0.39 is 0 Å². The molecule has 0 radical (unpaired) electrons. The maximum Gasteiger partial charge on any atom is 0.227 e. The van der Waals surface area contributed by atoms with Crippen molar-refractivity contribution in [2.24, 2.45) is 0 Å². The van der Waals surface area contributed by atoms with E-state index in [-0.39, 0.29) is 24.2 Å². The van der Waals surface area contributed by atoms with Crippen LogP contribution in [-0.4, -0.2) is 17.4 Å². The zero-order chi connectivity index (χ0) is 15.5. The fraction of sp³-hybridized carbons (Fsp3) is 0.316. The third-order valence-electron chi connectivity index (χ3n) is 4.30. The molecule has 1 fully saturated rings. The van der Waals surface area contributed by atoms with Gasteiger partial charge in [0.05, 0.1) is 12.5 Å². The molecule has 1 aliphatic rings. The zero-order valence-corrected chi connectivity index (χ0v) is 12.8.